The molecule has 0 amide bonds. The third kappa shape index (κ3) is 3.78. The minimum Gasteiger partial charge on any atom is -0.462 e. The number of aryl methyl sites for hydroxylation is 2. The summed E-state index contributed by atoms with van der Waals surface area (Å²) in [7, 11) is 0. The third-order valence-corrected chi connectivity index (χ3v) is 3.20. The first-order valence-corrected chi connectivity index (χ1v) is 6.99. The molecule has 0 bridgehead atoms. The van der Waals surface area contributed by atoms with Crippen LogP contribution < -0.4 is 0 Å². The second-order valence-electron chi connectivity index (χ2n) is 4.84. The molecule has 0 unspecified atom stereocenters. The van der Waals surface area contributed by atoms with Gasteiger partial charge in [-0.05, 0) is 49.6 Å². The molecular formula is C18H19NO2. The monoisotopic (exact) mass is 281 g/mol. The van der Waals surface area contributed by atoms with Crippen LogP contribution in [0.5, 0.6) is 0 Å². The molecule has 21 heavy (non-hydrogen) atoms. The van der Waals surface area contributed by atoms with Crippen molar-refractivity contribution in [1.29, 1.82) is 0 Å². The lowest BCUT2D eigenvalue weighted by Crippen LogP contribution is -2.04. The number of benzene rings is 2. The summed E-state index contributed by atoms with van der Waals surface area (Å²) in [5.41, 5.74) is 4.79. The van der Waals surface area contributed by atoms with Gasteiger partial charge in [0, 0.05) is 6.21 Å². The smallest absolute Gasteiger partial charge is 0.338 e. The first kappa shape index (κ1) is 15.0. The summed E-state index contributed by atoms with van der Waals surface area (Å²) < 4.78 is 4.96. The molecule has 3 heteroatoms. The molecule has 0 aromatic heterocycles. The van der Waals surface area contributed by atoms with Crippen LogP contribution in [0, 0.1) is 13.8 Å². The maximum Gasteiger partial charge on any atom is 0.338 e. The van der Waals surface area contributed by atoms with Crippen LogP contribution in [0.1, 0.15) is 34.0 Å². The Morgan fingerprint density at radius 3 is 2.29 bits per heavy atom. The van der Waals surface area contributed by atoms with Crippen LogP contribution in [0.2, 0.25) is 0 Å². The standard InChI is InChI=1S/C18H19NO2/c1-4-21-18(20)16-10-8-15(9-11-16)12-19-17-13(2)6-5-7-14(17)3/h5-12H,4H2,1-3H3. The van der Waals surface area contributed by atoms with E-state index in [0.717, 1.165) is 22.4 Å². The van der Waals surface area contributed by atoms with Gasteiger partial charge in [0.25, 0.3) is 0 Å². The summed E-state index contributed by atoms with van der Waals surface area (Å²) in [6, 6.07) is 13.4. The van der Waals surface area contributed by atoms with Crippen LogP contribution in [0.15, 0.2) is 47.5 Å². The number of hydrogen-bond donors (Lipinski definition) is 0. The lowest BCUT2D eigenvalue weighted by Gasteiger charge is -2.04. The number of para-hydroxylation sites is 1. The molecule has 0 saturated heterocycles. The number of carbonyl (C=O) groups is 1. The van der Waals surface area contributed by atoms with E-state index in [4.69, 9.17) is 4.74 Å². The average Bonchev–Trinajstić information content (AvgIpc) is 2.47. The van der Waals surface area contributed by atoms with Gasteiger partial charge in [0.05, 0.1) is 17.9 Å². The van der Waals surface area contributed by atoms with Gasteiger partial charge in [0.2, 0.25) is 0 Å². The number of carbonyl (C=O) groups excluding carboxylic acids is 1. The van der Waals surface area contributed by atoms with Crippen LogP contribution >= 0.6 is 0 Å². The normalized spacial score (nSPS) is 10.8. The topological polar surface area (TPSA) is 38.7 Å². The fourth-order valence-corrected chi connectivity index (χ4v) is 2.07. The van der Waals surface area contributed by atoms with Crippen molar-refractivity contribution in [3.05, 3.63) is 64.7 Å². The Labute approximate surface area is 125 Å². The highest BCUT2D eigenvalue weighted by Gasteiger charge is 2.05. The van der Waals surface area contributed by atoms with Gasteiger partial charge in [-0.1, -0.05) is 30.3 Å². The van der Waals surface area contributed by atoms with Crippen LogP contribution in [-0.4, -0.2) is 18.8 Å². The molecule has 0 N–H and O–H groups in total. The van der Waals surface area contributed by atoms with Gasteiger partial charge < -0.3 is 4.74 Å². The summed E-state index contributed by atoms with van der Waals surface area (Å²) in [6.45, 7) is 6.27. The van der Waals surface area contributed by atoms with E-state index in [1.165, 1.54) is 0 Å². The highest BCUT2D eigenvalue weighted by molar-refractivity contribution is 5.91. The second-order valence-corrected chi connectivity index (χ2v) is 4.84. The zero-order valence-corrected chi connectivity index (χ0v) is 12.6. The summed E-state index contributed by atoms with van der Waals surface area (Å²) >= 11 is 0. The Morgan fingerprint density at radius 1 is 1.10 bits per heavy atom. The van der Waals surface area contributed by atoms with Gasteiger partial charge in [-0.3, -0.25) is 4.99 Å². The minimum atomic E-state index is -0.296. The zero-order valence-electron chi connectivity index (χ0n) is 12.6. The summed E-state index contributed by atoms with van der Waals surface area (Å²) in [5.74, 6) is -0.296. The third-order valence-electron chi connectivity index (χ3n) is 3.20. The van der Waals surface area contributed by atoms with Crippen molar-refractivity contribution >= 4 is 17.9 Å². The van der Waals surface area contributed by atoms with E-state index in [9.17, 15) is 4.79 Å². The number of esters is 1. The van der Waals surface area contributed by atoms with Crippen molar-refractivity contribution in [3.8, 4) is 0 Å². The van der Waals surface area contributed by atoms with Crippen molar-refractivity contribution in [3.63, 3.8) is 0 Å². The van der Waals surface area contributed by atoms with Crippen LogP contribution in [-0.2, 0) is 4.74 Å². The second kappa shape index (κ2) is 6.84. The first-order chi connectivity index (χ1) is 10.1. The molecule has 3 nitrogen and oxygen atoms in total. The number of hydrogen-bond acceptors (Lipinski definition) is 3. The summed E-state index contributed by atoms with van der Waals surface area (Å²) in [4.78, 5) is 16.1. The molecule has 0 saturated carbocycles. The van der Waals surface area contributed by atoms with E-state index >= 15 is 0 Å². The largest absolute Gasteiger partial charge is 0.462 e. The molecule has 0 aliphatic rings. The predicted molar refractivity (Wildman–Crippen MR) is 85.6 cm³/mol. The van der Waals surface area contributed by atoms with E-state index in [1.54, 1.807) is 19.1 Å². The Kier molecular flexibility index (Phi) is 4.88. The predicted octanol–water partition coefficient (Wildman–Crippen LogP) is 4.23. The molecule has 2 rings (SSSR count). The lowest BCUT2D eigenvalue weighted by atomic mass is 10.1. The van der Waals surface area contributed by atoms with Crippen LogP contribution in [0.4, 0.5) is 5.69 Å². The van der Waals surface area contributed by atoms with Crippen LogP contribution in [0.3, 0.4) is 0 Å². The van der Waals surface area contributed by atoms with Crippen molar-refractivity contribution in [2.75, 3.05) is 6.61 Å². The maximum atomic E-state index is 11.6. The SMILES string of the molecule is CCOC(=O)c1ccc(C=Nc2c(C)cccc2C)cc1. The molecule has 108 valence electrons. The molecule has 0 heterocycles. The molecule has 0 radical (unpaired) electrons. The Hall–Kier alpha value is -2.42. The first-order valence-electron chi connectivity index (χ1n) is 6.99. The highest BCUT2D eigenvalue weighted by Crippen LogP contribution is 2.22. The maximum absolute atomic E-state index is 11.6. The van der Waals surface area contributed by atoms with Crippen molar-refractivity contribution in [1.82, 2.24) is 0 Å². The van der Waals surface area contributed by atoms with Crippen molar-refractivity contribution < 1.29 is 9.53 Å². The van der Waals surface area contributed by atoms with E-state index in [-0.39, 0.29) is 5.97 Å². The van der Waals surface area contributed by atoms with E-state index in [0.29, 0.717) is 12.2 Å². The molecule has 2 aromatic carbocycles. The average molecular weight is 281 g/mol. The number of rotatable bonds is 4. The van der Waals surface area contributed by atoms with E-state index < -0.39 is 0 Å². The molecule has 2 aromatic rings. The van der Waals surface area contributed by atoms with Crippen molar-refractivity contribution in [2.24, 2.45) is 4.99 Å². The molecular weight excluding hydrogens is 262 g/mol. The summed E-state index contributed by atoms with van der Waals surface area (Å²) in [6.07, 6.45) is 1.81. The lowest BCUT2D eigenvalue weighted by molar-refractivity contribution is 0.0526. The van der Waals surface area contributed by atoms with E-state index in [1.807, 2.05) is 50.4 Å². The zero-order chi connectivity index (χ0) is 15.2. The Bertz CT molecular complexity index is 637. The number of ether oxygens (including phenoxy) is 1. The van der Waals surface area contributed by atoms with E-state index in [2.05, 4.69) is 4.99 Å². The number of nitrogens with zero attached hydrogens (tertiary/aromatic N) is 1. The highest BCUT2D eigenvalue weighted by atomic mass is 16.5. The fraction of sp³-hybridized carbons (Fsp3) is 0.222. The summed E-state index contributed by atoms with van der Waals surface area (Å²) in [5, 5.41) is 0. The molecule has 0 atom stereocenters. The van der Waals surface area contributed by atoms with Crippen molar-refractivity contribution in [2.45, 2.75) is 20.8 Å². The van der Waals surface area contributed by atoms with Gasteiger partial charge >= 0.3 is 5.97 Å². The quantitative estimate of drug-likeness (QED) is 0.621. The molecule has 0 spiro atoms. The molecule has 0 fully saturated rings. The Morgan fingerprint density at radius 2 is 1.71 bits per heavy atom. The fourth-order valence-electron chi connectivity index (χ4n) is 2.07. The minimum absolute atomic E-state index is 0.296. The van der Waals surface area contributed by atoms with Gasteiger partial charge in [-0.25, -0.2) is 4.79 Å². The van der Waals surface area contributed by atoms with Gasteiger partial charge in [-0.2, -0.15) is 0 Å². The van der Waals surface area contributed by atoms with Crippen LogP contribution in [0.25, 0.3) is 0 Å². The van der Waals surface area contributed by atoms with Gasteiger partial charge in [0.1, 0.15) is 0 Å². The van der Waals surface area contributed by atoms with Gasteiger partial charge in [-0.15, -0.1) is 0 Å². The van der Waals surface area contributed by atoms with Gasteiger partial charge in [0.15, 0.2) is 0 Å². The number of aliphatic imine (C=N–C) groups is 1. The molecule has 0 aliphatic carbocycles. The molecule has 0 aliphatic heterocycles. The Balaban J connectivity index is 2.17.